The quantitative estimate of drug-likeness (QED) is 0.630. The van der Waals surface area contributed by atoms with E-state index in [-0.39, 0.29) is 36.0 Å². The number of rotatable bonds is 7. The average Bonchev–Trinajstić information content (AvgIpc) is 3.11. The van der Waals surface area contributed by atoms with Crippen LogP contribution in [-0.4, -0.2) is 67.6 Å². The molecule has 2 aliphatic rings. The number of ether oxygens (including phenoxy) is 2. The van der Waals surface area contributed by atoms with Gasteiger partial charge in [0, 0.05) is 24.2 Å². The van der Waals surface area contributed by atoms with Crippen molar-refractivity contribution in [2.75, 3.05) is 30.6 Å². The number of benzene rings is 1. The van der Waals surface area contributed by atoms with Crippen molar-refractivity contribution in [3.63, 3.8) is 0 Å². The summed E-state index contributed by atoms with van der Waals surface area (Å²) >= 11 is 7.51. The van der Waals surface area contributed by atoms with Crippen molar-refractivity contribution in [1.82, 2.24) is 0 Å². The fourth-order valence-electron chi connectivity index (χ4n) is 3.43. The Morgan fingerprint density at radius 1 is 1.23 bits per heavy atom. The van der Waals surface area contributed by atoms with Crippen molar-refractivity contribution in [2.24, 2.45) is 4.99 Å². The van der Waals surface area contributed by atoms with E-state index in [1.165, 1.54) is 26.0 Å². The van der Waals surface area contributed by atoms with Gasteiger partial charge in [-0.1, -0.05) is 23.4 Å². The third-order valence-corrected chi connectivity index (χ3v) is 8.29. The van der Waals surface area contributed by atoms with Gasteiger partial charge >= 0.3 is 5.97 Å². The number of anilines is 1. The number of nitrogens with zero attached hydrogens (tertiary/aromatic N) is 2. The minimum Gasteiger partial charge on any atom is -0.495 e. The highest BCUT2D eigenvalue weighted by Crippen LogP contribution is 2.46. The summed E-state index contributed by atoms with van der Waals surface area (Å²) in [6.45, 7) is 0. The number of carbonyl (C=O) groups is 2. The monoisotopic (exact) mass is 476 g/mol. The van der Waals surface area contributed by atoms with Crippen molar-refractivity contribution in [2.45, 2.75) is 30.6 Å². The first-order chi connectivity index (χ1) is 14.1. The van der Waals surface area contributed by atoms with Crippen molar-refractivity contribution in [3.8, 4) is 11.5 Å². The van der Waals surface area contributed by atoms with Crippen LogP contribution in [0.15, 0.2) is 17.1 Å². The largest absolute Gasteiger partial charge is 0.495 e. The number of aliphatic imine (C=N–C) groups is 1. The maximum Gasteiger partial charge on any atom is 0.303 e. The number of carboxylic acid groups (broad SMARTS) is 1. The molecule has 1 aromatic carbocycles. The van der Waals surface area contributed by atoms with E-state index in [0.717, 1.165) is 0 Å². The van der Waals surface area contributed by atoms with E-state index in [4.69, 9.17) is 26.2 Å². The van der Waals surface area contributed by atoms with E-state index in [9.17, 15) is 18.0 Å². The molecule has 2 aliphatic heterocycles. The SMILES string of the molecule is COc1cc(OC)c(N2C(=NC(=O)CCCC(=O)O)SC3CS(=O)(=O)CC32)cc1Cl. The molecule has 1 aromatic rings. The zero-order valence-electron chi connectivity index (χ0n) is 16.3. The summed E-state index contributed by atoms with van der Waals surface area (Å²) in [5.41, 5.74) is 0.484. The maximum absolute atomic E-state index is 12.3. The predicted octanol–water partition coefficient (Wildman–Crippen LogP) is 2.21. The van der Waals surface area contributed by atoms with Gasteiger partial charge in [-0.15, -0.1) is 0 Å². The van der Waals surface area contributed by atoms with Crippen LogP contribution < -0.4 is 14.4 Å². The molecule has 12 heteroatoms. The number of aliphatic carboxylic acids is 1. The molecule has 2 heterocycles. The van der Waals surface area contributed by atoms with E-state index >= 15 is 0 Å². The Labute approximate surface area is 183 Å². The van der Waals surface area contributed by atoms with Crippen LogP contribution in [0.25, 0.3) is 0 Å². The van der Waals surface area contributed by atoms with Gasteiger partial charge in [-0.25, -0.2) is 8.42 Å². The molecule has 1 amide bonds. The number of halogens is 1. The Morgan fingerprint density at radius 2 is 1.93 bits per heavy atom. The van der Waals surface area contributed by atoms with Gasteiger partial charge in [0.05, 0.1) is 42.5 Å². The van der Waals surface area contributed by atoms with Crippen LogP contribution >= 0.6 is 23.4 Å². The van der Waals surface area contributed by atoms with Crippen LogP contribution in [0.1, 0.15) is 19.3 Å². The van der Waals surface area contributed by atoms with Gasteiger partial charge in [-0.2, -0.15) is 4.99 Å². The number of hydrogen-bond acceptors (Lipinski definition) is 7. The molecular weight excluding hydrogens is 456 g/mol. The molecule has 2 atom stereocenters. The third kappa shape index (κ3) is 4.84. The second-order valence-corrected chi connectivity index (χ2v) is 10.6. The molecule has 164 valence electrons. The number of methoxy groups -OCH3 is 2. The van der Waals surface area contributed by atoms with Gasteiger partial charge < -0.3 is 19.5 Å². The highest BCUT2D eigenvalue weighted by atomic mass is 35.5. The van der Waals surface area contributed by atoms with Gasteiger partial charge in [0.1, 0.15) is 11.5 Å². The summed E-state index contributed by atoms with van der Waals surface area (Å²) < 4.78 is 35.1. The summed E-state index contributed by atoms with van der Waals surface area (Å²) in [6, 6.07) is 2.76. The molecule has 0 saturated carbocycles. The van der Waals surface area contributed by atoms with E-state index in [1.54, 1.807) is 17.0 Å². The average molecular weight is 477 g/mol. The highest BCUT2D eigenvalue weighted by Gasteiger charge is 2.50. The van der Waals surface area contributed by atoms with Crippen LogP contribution in [0.3, 0.4) is 0 Å². The summed E-state index contributed by atoms with van der Waals surface area (Å²) in [4.78, 5) is 28.8. The molecule has 2 fully saturated rings. The predicted molar refractivity (Wildman–Crippen MR) is 115 cm³/mol. The molecule has 0 bridgehead atoms. The molecule has 30 heavy (non-hydrogen) atoms. The van der Waals surface area contributed by atoms with E-state index < -0.39 is 27.8 Å². The van der Waals surface area contributed by atoms with Crippen molar-refractivity contribution in [3.05, 3.63) is 17.2 Å². The molecule has 0 aromatic heterocycles. The molecule has 3 rings (SSSR count). The van der Waals surface area contributed by atoms with Crippen LogP contribution in [0.5, 0.6) is 11.5 Å². The minimum absolute atomic E-state index is 0.0155. The first-order valence-electron chi connectivity index (χ1n) is 9.06. The molecule has 0 aliphatic carbocycles. The van der Waals surface area contributed by atoms with Gasteiger partial charge in [0.15, 0.2) is 15.0 Å². The third-order valence-electron chi connectivity index (χ3n) is 4.78. The number of sulfone groups is 1. The van der Waals surface area contributed by atoms with Crippen LogP contribution in [-0.2, 0) is 19.4 Å². The lowest BCUT2D eigenvalue weighted by atomic mass is 10.1. The fraction of sp³-hybridized carbons (Fsp3) is 0.500. The first-order valence-corrected chi connectivity index (χ1v) is 12.1. The zero-order valence-corrected chi connectivity index (χ0v) is 18.7. The molecule has 9 nitrogen and oxygen atoms in total. The Balaban J connectivity index is 1.98. The second-order valence-electron chi connectivity index (χ2n) is 6.86. The summed E-state index contributed by atoms with van der Waals surface area (Å²) in [6.07, 6.45) is 0.0335. The number of amides is 1. The van der Waals surface area contributed by atoms with Gasteiger partial charge in [-0.05, 0) is 12.5 Å². The number of hydrogen-bond donors (Lipinski definition) is 1. The Hall–Kier alpha value is -1.98. The Kier molecular flexibility index (Phi) is 6.83. The summed E-state index contributed by atoms with van der Waals surface area (Å²) in [5.74, 6) is -0.758. The first kappa shape index (κ1) is 22.7. The highest BCUT2D eigenvalue weighted by molar-refractivity contribution is 8.16. The van der Waals surface area contributed by atoms with Gasteiger partial charge in [-0.3, -0.25) is 9.59 Å². The van der Waals surface area contributed by atoms with Crippen LogP contribution in [0.4, 0.5) is 5.69 Å². The molecule has 2 saturated heterocycles. The Bertz CT molecular complexity index is 996. The van der Waals surface area contributed by atoms with Gasteiger partial charge in [0.2, 0.25) is 5.91 Å². The standard InChI is InChI=1S/C18H21ClN2O7S2/c1-27-13-7-14(28-2)11(6-10(13)19)21-12-8-30(25,26)9-15(12)29-18(21)20-16(22)4-3-5-17(23)24/h6-7,12,15H,3-5,8-9H2,1-2H3,(H,23,24). The maximum atomic E-state index is 12.3. The van der Waals surface area contributed by atoms with Crippen LogP contribution in [0.2, 0.25) is 5.02 Å². The summed E-state index contributed by atoms with van der Waals surface area (Å²) in [7, 11) is -0.300. The molecule has 2 unspecified atom stereocenters. The van der Waals surface area contributed by atoms with Crippen molar-refractivity contribution >= 4 is 55.9 Å². The lowest BCUT2D eigenvalue weighted by Gasteiger charge is -2.26. The number of thioether (sulfide) groups is 1. The number of amidine groups is 1. The van der Waals surface area contributed by atoms with Crippen molar-refractivity contribution in [1.29, 1.82) is 0 Å². The summed E-state index contributed by atoms with van der Waals surface area (Å²) in [5, 5.41) is 9.09. The van der Waals surface area contributed by atoms with Crippen molar-refractivity contribution < 1.29 is 32.6 Å². The van der Waals surface area contributed by atoms with Gasteiger partial charge in [0.25, 0.3) is 0 Å². The topological polar surface area (TPSA) is 123 Å². The van der Waals surface area contributed by atoms with E-state index in [1.807, 2.05) is 0 Å². The number of carboxylic acids is 1. The molecule has 0 radical (unpaired) electrons. The Morgan fingerprint density at radius 3 is 2.57 bits per heavy atom. The molecule has 0 spiro atoms. The van der Waals surface area contributed by atoms with E-state index in [2.05, 4.69) is 4.99 Å². The molecule has 1 N–H and O–H groups in total. The van der Waals surface area contributed by atoms with Crippen LogP contribution in [0, 0.1) is 0 Å². The second kappa shape index (κ2) is 9.03. The smallest absolute Gasteiger partial charge is 0.303 e. The number of carbonyl (C=O) groups excluding carboxylic acids is 1. The zero-order chi connectivity index (χ0) is 22.1. The van der Waals surface area contributed by atoms with E-state index in [0.29, 0.717) is 27.4 Å². The lowest BCUT2D eigenvalue weighted by Crippen LogP contribution is -2.38. The fourth-order valence-corrected chi connectivity index (χ4v) is 7.59. The lowest BCUT2D eigenvalue weighted by molar-refractivity contribution is -0.137. The molecular formula is C18H21ClN2O7S2. The minimum atomic E-state index is -3.23. The number of fused-ring (bicyclic) bond motifs is 1. The normalized spacial score (nSPS) is 23.4.